The molecular weight excluding hydrogens is 270 g/mol. The Labute approximate surface area is 124 Å². The zero-order chi connectivity index (χ0) is 14.5. The normalized spacial score (nSPS) is 12.2. The summed E-state index contributed by atoms with van der Waals surface area (Å²) >= 11 is 1.78. The number of hydrogen-bond donors (Lipinski definition) is 1. The Kier molecular flexibility index (Phi) is 5.04. The van der Waals surface area contributed by atoms with Crippen LogP contribution in [0.5, 0.6) is 5.75 Å². The lowest BCUT2D eigenvalue weighted by Gasteiger charge is -2.25. The monoisotopic (exact) mass is 291 g/mol. The number of thiophene rings is 1. The molecule has 4 heteroatoms. The summed E-state index contributed by atoms with van der Waals surface area (Å²) in [5.74, 6) is 0.737. The van der Waals surface area contributed by atoms with Crippen molar-refractivity contribution in [2.75, 3.05) is 25.6 Å². The lowest BCUT2D eigenvalue weighted by atomic mass is 10.1. The first-order valence-electron chi connectivity index (χ1n) is 6.72. The average Bonchev–Trinajstić information content (AvgIpc) is 2.96. The molecule has 0 aliphatic heterocycles. The van der Waals surface area contributed by atoms with Crippen molar-refractivity contribution in [1.29, 1.82) is 0 Å². The maximum atomic E-state index is 10.0. The third-order valence-corrected chi connectivity index (χ3v) is 4.30. The van der Waals surface area contributed by atoms with E-state index in [1.807, 2.05) is 25.2 Å². The molecule has 2 aromatic rings. The molecule has 0 saturated carbocycles. The molecule has 1 atom stereocenters. The van der Waals surface area contributed by atoms with E-state index in [1.54, 1.807) is 25.4 Å². The maximum Gasteiger partial charge on any atom is 0.126 e. The molecule has 0 aliphatic carbocycles. The first-order chi connectivity index (χ1) is 9.63. The van der Waals surface area contributed by atoms with Gasteiger partial charge in [0, 0.05) is 29.7 Å². The number of benzene rings is 1. The molecule has 0 aliphatic rings. The predicted molar refractivity (Wildman–Crippen MR) is 84.9 cm³/mol. The quantitative estimate of drug-likeness (QED) is 0.884. The number of likely N-dealkylation sites (N-methyl/N-ethyl adjacent to an activating group) is 1. The van der Waals surface area contributed by atoms with E-state index in [-0.39, 0.29) is 0 Å². The highest BCUT2D eigenvalue weighted by Crippen LogP contribution is 2.34. The SMILES string of the molecule is COc1cccc(N(C)CCc2cccs2)c1[C@H](C)O. The lowest BCUT2D eigenvalue weighted by Crippen LogP contribution is -2.22. The predicted octanol–water partition coefficient (Wildman–Crippen LogP) is 3.49. The van der Waals surface area contributed by atoms with Crippen LogP contribution < -0.4 is 9.64 Å². The van der Waals surface area contributed by atoms with Crippen molar-refractivity contribution in [3.8, 4) is 5.75 Å². The third-order valence-electron chi connectivity index (χ3n) is 3.37. The molecule has 0 bridgehead atoms. The highest BCUT2D eigenvalue weighted by molar-refractivity contribution is 7.09. The van der Waals surface area contributed by atoms with Crippen molar-refractivity contribution < 1.29 is 9.84 Å². The van der Waals surface area contributed by atoms with Gasteiger partial charge >= 0.3 is 0 Å². The van der Waals surface area contributed by atoms with Gasteiger partial charge in [-0.25, -0.2) is 0 Å². The molecule has 1 heterocycles. The first-order valence-corrected chi connectivity index (χ1v) is 7.60. The Morgan fingerprint density at radius 3 is 2.70 bits per heavy atom. The minimum Gasteiger partial charge on any atom is -0.496 e. The highest BCUT2D eigenvalue weighted by Gasteiger charge is 2.16. The van der Waals surface area contributed by atoms with E-state index >= 15 is 0 Å². The van der Waals surface area contributed by atoms with Gasteiger partial charge in [-0.05, 0) is 36.9 Å². The van der Waals surface area contributed by atoms with Crippen molar-refractivity contribution in [1.82, 2.24) is 0 Å². The van der Waals surface area contributed by atoms with Crippen LogP contribution in [0, 0.1) is 0 Å². The molecule has 1 aromatic carbocycles. The van der Waals surface area contributed by atoms with Crippen LogP contribution in [0.25, 0.3) is 0 Å². The summed E-state index contributed by atoms with van der Waals surface area (Å²) in [4.78, 5) is 3.54. The number of hydrogen-bond acceptors (Lipinski definition) is 4. The summed E-state index contributed by atoms with van der Waals surface area (Å²) in [5, 5.41) is 12.1. The third kappa shape index (κ3) is 3.32. The van der Waals surface area contributed by atoms with Crippen molar-refractivity contribution in [2.45, 2.75) is 19.4 Å². The van der Waals surface area contributed by atoms with E-state index in [0.717, 1.165) is 30.0 Å². The minimum atomic E-state index is -0.551. The maximum absolute atomic E-state index is 10.0. The van der Waals surface area contributed by atoms with Crippen LogP contribution >= 0.6 is 11.3 Å². The number of aliphatic hydroxyl groups is 1. The summed E-state index contributed by atoms with van der Waals surface area (Å²) in [7, 11) is 3.69. The van der Waals surface area contributed by atoms with Gasteiger partial charge in [0.2, 0.25) is 0 Å². The molecule has 108 valence electrons. The van der Waals surface area contributed by atoms with Gasteiger partial charge in [-0.3, -0.25) is 0 Å². The van der Waals surface area contributed by atoms with E-state index in [2.05, 4.69) is 22.4 Å². The Bertz CT molecular complexity index is 537. The first kappa shape index (κ1) is 14.9. The van der Waals surface area contributed by atoms with E-state index < -0.39 is 6.10 Å². The van der Waals surface area contributed by atoms with E-state index in [9.17, 15) is 5.11 Å². The Hall–Kier alpha value is -1.52. The van der Waals surface area contributed by atoms with Gasteiger partial charge in [-0.15, -0.1) is 11.3 Å². The highest BCUT2D eigenvalue weighted by atomic mass is 32.1. The van der Waals surface area contributed by atoms with Crippen LogP contribution in [-0.2, 0) is 6.42 Å². The topological polar surface area (TPSA) is 32.7 Å². The molecule has 0 spiro atoms. The van der Waals surface area contributed by atoms with E-state index in [0.29, 0.717) is 0 Å². The van der Waals surface area contributed by atoms with Crippen LogP contribution in [0.2, 0.25) is 0 Å². The molecule has 3 nitrogen and oxygen atoms in total. The summed E-state index contributed by atoms with van der Waals surface area (Å²) < 4.78 is 5.36. The van der Waals surface area contributed by atoms with Crippen molar-refractivity contribution in [3.05, 3.63) is 46.2 Å². The summed E-state index contributed by atoms with van der Waals surface area (Å²) in [6.07, 6.45) is 0.454. The standard InChI is InChI=1S/C16H21NO2S/c1-12(18)16-14(7-4-8-15(16)19-3)17(2)10-9-13-6-5-11-20-13/h4-8,11-12,18H,9-10H2,1-3H3/t12-/m0/s1. The van der Waals surface area contributed by atoms with E-state index in [4.69, 9.17) is 4.74 Å². The largest absolute Gasteiger partial charge is 0.496 e. The zero-order valence-electron chi connectivity index (χ0n) is 12.2. The van der Waals surface area contributed by atoms with E-state index in [1.165, 1.54) is 4.88 Å². The Balaban J connectivity index is 2.18. The number of ether oxygens (including phenoxy) is 1. The van der Waals surface area contributed by atoms with Crippen LogP contribution in [0.3, 0.4) is 0 Å². The van der Waals surface area contributed by atoms with Gasteiger partial charge in [-0.1, -0.05) is 12.1 Å². The molecule has 2 rings (SSSR count). The van der Waals surface area contributed by atoms with Gasteiger partial charge in [-0.2, -0.15) is 0 Å². The number of rotatable bonds is 6. The molecule has 0 amide bonds. The number of anilines is 1. The molecule has 0 saturated heterocycles. The van der Waals surface area contributed by atoms with Crippen LogP contribution in [0.1, 0.15) is 23.5 Å². The van der Waals surface area contributed by atoms with Crippen molar-refractivity contribution in [3.63, 3.8) is 0 Å². The van der Waals surface area contributed by atoms with Gasteiger partial charge < -0.3 is 14.7 Å². The second-order valence-corrected chi connectivity index (χ2v) is 5.85. The molecule has 1 aromatic heterocycles. The second kappa shape index (κ2) is 6.77. The van der Waals surface area contributed by atoms with Gasteiger partial charge in [0.25, 0.3) is 0 Å². The van der Waals surface area contributed by atoms with Crippen LogP contribution in [0.4, 0.5) is 5.69 Å². The molecular formula is C16H21NO2S. The fourth-order valence-electron chi connectivity index (χ4n) is 2.32. The fourth-order valence-corrected chi connectivity index (χ4v) is 3.01. The summed E-state index contributed by atoms with van der Waals surface area (Å²) in [6, 6.07) is 10.1. The average molecular weight is 291 g/mol. The van der Waals surface area contributed by atoms with Crippen LogP contribution in [-0.4, -0.2) is 25.8 Å². The zero-order valence-corrected chi connectivity index (χ0v) is 13.0. The number of aliphatic hydroxyl groups excluding tert-OH is 1. The van der Waals surface area contributed by atoms with Crippen molar-refractivity contribution in [2.24, 2.45) is 0 Å². The van der Waals surface area contributed by atoms with Crippen LogP contribution in [0.15, 0.2) is 35.7 Å². The summed E-state index contributed by atoms with van der Waals surface area (Å²) in [6.45, 7) is 2.68. The van der Waals surface area contributed by atoms with Crippen molar-refractivity contribution >= 4 is 17.0 Å². The Morgan fingerprint density at radius 2 is 2.10 bits per heavy atom. The van der Waals surface area contributed by atoms with Gasteiger partial charge in [0.15, 0.2) is 0 Å². The molecule has 20 heavy (non-hydrogen) atoms. The molecule has 0 unspecified atom stereocenters. The lowest BCUT2D eigenvalue weighted by molar-refractivity contribution is 0.194. The number of nitrogens with zero attached hydrogens (tertiary/aromatic N) is 1. The Morgan fingerprint density at radius 1 is 1.30 bits per heavy atom. The molecule has 0 fully saturated rings. The second-order valence-electron chi connectivity index (χ2n) is 4.82. The molecule has 0 radical (unpaired) electrons. The fraction of sp³-hybridized carbons (Fsp3) is 0.375. The van der Waals surface area contributed by atoms with Gasteiger partial charge in [0.1, 0.15) is 5.75 Å². The smallest absolute Gasteiger partial charge is 0.126 e. The molecule has 1 N–H and O–H groups in total. The van der Waals surface area contributed by atoms with Gasteiger partial charge in [0.05, 0.1) is 13.2 Å². The minimum absolute atomic E-state index is 0.551. The number of methoxy groups -OCH3 is 1. The summed E-state index contributed by atoms with van der Waals surface area (Å²) in [5.41, 5.74) is 1.87.